The maximum atomic E-state index is 14.0. The van der Waals surface area contributed by atoms with Crippen LogP contribution >= 0.6 is 0 Å². The first-order chi connectivity index (χ1) is 12.3. The number of anilines is 1. The third kappa shape index (κ3) is 4.72. The SMILES string of the molecule is CC[C@H](C)NC(=O)c1ccc(NS(=O)(=O)c2ccc(OC)cc2F)cc1. The molecule has 1 atom stereocenters. The van der Waals surface area contributed by atoms with Gasteiger partial charge in [0.25, 0.3) is 15.9 Å². The summed E-state index contributed by atoms with van der Waals surface area (Å²) in [4.78, 5) is 11.5. The first kappa shape index (κ1) is 19.7. The van der Waals surface area contributed by atoms with E-state index in [0.29, 0.717) is 5.56 Å². The molecule has 0 heterocycles. The van der Waals surface area contributed by atoms with Crippen molar-refractivity contribution in [3.8, 4) is 5.75 Å². The fourth-order valence-corrected chi connectivity index (χ4v) is 3.25. The van der Waals surface area contributed by atoms with Gasteiger partial charge in [0.05, 0.1) is 7.11 Å². The molecule has 0 fully saturated rings. The molecule has 2 N–H and O–H groups in total. The Bertz CT molecular complexity index is 883. The summed E-state index contributed by atoms with van der Waals surface area (Å²) in [5, 5.41) is 2.82. The van der Waals surface area contributed by atoms with Crippen LogP contribution in [0.5, 0.6) is 5.75 Å². The van der Waals surface area contributed by atoms with Crippen LogP contribution in [0.4, 0.5) is 10.1 Å². The van der Waals surface area contributed by atoms with Crippen LogP contribution in [0.1, 0.15) is 30.6 Å². The lowest BCUT2D eigenvalue weighted by molar-refractivity contribution is 0.0939. The van der Waals surface area contributed by atoms with E-state index in [2.05, 4.69) is 10.0 Å². The topological polar surface area (TPSA) is 84.5 Å². The third-order valence-corrected chi connectivity index (χ3v) is 5.23. The zero-order valence-electron chi connectivity index (χ0n) is 14.7. The van der Waals surface area contributed by atoms with Crippen LogP contribution in [0.15, 0.2) is 47.4 Å². The van der Waals surface area contributed by atoms with E-state index in [0.717, 1.165) is 18.6 Å². The van der Waals surface area contributed by atoms with Gasteiger partial charge in [-0.1, -0.05) is 6.92 Å². The third-order valence-electron chi connectivity index (χ3n) is 3.82. The van der Waals surface area contributed by atoms with E-state index in [1.807, 2.05) is 13.8 Å². The number of hydrogen-bond acceptors (Lipinski definition) is 4. The second-order valence-corrected chi connectivity index (χ2v) is 7.41. The van der Waals surface area contributed by atoms with Gasteiger partial charge < -0.3 is 10.1 Å². The Morgan fingerprint density at radius 1 is 1.19 bits per heavy atom. The summed E-state index contributed by atoms with van der Waals surface area (Å²) in [6.07, 6.45) is 0.803. The van der Waals surface area contributed by atoms with Gasteiger partial charge in [0, 0.05) is 23.4 Å². The molecule has 26 heavy (non-hydrogen) atoms. The second-order valence-electron chi connectivity index (χ2n) is 5.76. The smallest absolute Gasteiger partial charge is 0.264 e. The van der Waals surface area contributed by atoms with E-state index in [4.69, 9.17) is 4.74 Å². The monoisotopic (exact) mass is 380 g/mol. The second kappa shape index (κ2) is 8.18. The number of carbonyl (C=O) groups is 1. The van der Waals surface area contributed by atoms with Gasteiger partial charge >= 0.3 is 0 Å². The number of carbonyl (C=O) groups excluding carboxylic acids is 1. The minimum atomic E-state index is -4.11. The quantitative estimate of drug-likeness (QED) is 0.773. The van der Waals surface area contributed by atoms with Crippen molar-refractivity contribution in [2.75, 3.05) is 11.8 Å². The summed E-state index contributed by atoms with van der Waals surface area (Å²) < 4.78 is 45.9. The highest BCUT2D eigenvalue weighted by Crippen LogP contribution is 2.23. The first-order valence-electron chi connectivity index (χ1n) is 8.04. The number of sulfonamides is 1. The molecule has 8 heteroatoms. The molecule has 0 spiro atoms. The Morgan fingerprint density at radius 2 is 1.85 bits per heavy atom. The summed E-state index contributed by atoms with van der Waals surface area (Å²) in [7, 11) is -2.74. The van der Waals surface area contributed by atoms with Gasteiger partial charge in [0.1, 0.15) is 16.5 Å². The van der Waals surface area contributed by atoms with Crippen LogP contribution in [-0.2, 0) is 10.0 Å². The summed E-state index contributed by atoms with van der Waals surface area (Å²) in [5.74, 6) is -0.936. The molecule has 6 nitrogen and oxygen atoms in total. The maximum absolute atomic E-state index is 14.0. The Morgan fingerprint density at radius 3 is 2.38 bits per heavy atom. The van der Waals surface area contributed by atoms with E-state index in [1.54, 1.807) is 0 Å². The number of nitrogens with one attached hydrogen (secondary N) is 2. The van der Waals surface area contributed by atoms with Gasteiger partial charge in [0.15, 0.2) is 0 Å². The molecule has 0 aromatic heterocycles. The molecule has 2 aromatic rings. The first-order valence-corrected chi connectivity index (χ1v) is 9.52. The van der Waals surface area contributed by atoms with Crippen molar-refractivity contribution in [3.05, 3.63) is 53.8 Å². The van der Waals surface area contributed by atoms with Crippen LogP contribution in [-0.4, -0.2) is 27.5 Å². The van der Waals surface area contributed by atoms with Crippen LogP contribution in [0.2, 0.25) is 0 Å². The Balaban J connectivity index is 2.16. The summed E-state index contributed by atoms with van der Waals surface area (Å²) in [6, 6.07) is 9.43. The van der Waals surface area contributed by atoms with Crippen molar-refractivity contribution in [3.63, 3.8) is 0 Å². The predicted molar refractivity (Wildman–Crippen MR) is 97.4 cm³/mol. The predicted octanol–water partition coefficient (Wildman–Crippen LogP) is 3.16. The van der Waals surface area contributed by atoms with Gasteiger partial charge in [-0.3, -0.25) is 9.52 Å². The van der Waals surface area contributed by atoms with E-state index in [1.165, 1.54) is 37.4 Å². The average Bonchev–Trinajstić information content (AvgIpc) is 2.61. The standard InChI is InChI=1S/C18H21FN2O4S/c1-4-12(2)20-18(22)13-5-7-14(8-6-13)21-26(23,24)17-10-9-15(25-3)11-16(17)19/h5-12,21H,4H2,1-3H3,(H,20,22)/t12-/m0/s1. The van der Waals surface area contributed by atoms with E-state index in [-0.39, 0.29) is 23.4 Å². The number of ether oxygens (including phenoxy) is 1. The molecular formula is C18H21FN2O4S. The van der Waals surface area contributed by atoms with E-state index < -0.39 is 20.7 Å². The zero-order chi connectivity index (χ0) is 19.3. The molecule has 1 amide bonds. The molecule has 0 saturated carbocycles. The molecule has 0 saturated heterocycles. The Kier molecular flexibility index (Phi) is 6.20. The van der Waals surface area contributed by atoms with Gasteiger partial charge in [-0.25, -0.2) is 12.8 Å². The lowest BCUT2D eigenvalue weighted by Gasteiger charge is -2.12. The summed E-state index contributed by atoms with van der Waals surface area (Å²) in [5.41, 5.74) is 0.629. The number of amides is 1. The minimum absolute atomic E-state index is 0.0405. The molecule has 2 rings (SSSR count). The molecule has 0 unspecified atom stereocenters. The highest BCUT2D eigenvalue weighted by Gasteiger charge is 2.20. The number of benzene rings is 2. The van der Waals surface area contributed by atoms with Crippen molar-refractivity contribution < 1.29 is 22.3 Å². The number of rotatable bonds is 7. The van der Waals surface area contributed by atoms with Gasteiger partial charge in [-0.15, -0.1) is 0 Å². The highest BCUT2D eigenvalue weighted by atomic mass is 32.2. The van der Waals surface area contributed by atoms with Crippen molar-refractivity contribution in [1.82, 2.24) is 5.32 Å². The highest BCUT2D eigenvalue weighted by molar-refractivity contribution is 7.92. The molecule has 140 valence electrons. The molecule has 0 aliphatic heterocycles. The van der Waals surface area contributed by atoms with Gasteiger partial charge in [-0.2, -0.15) is 0 Å². The van der Waals surface area contributed by atoms with Crippen molar-refractivity contribution >= 4 is 21.6 Å². The fraction of sp³-hybridized carbons (Fsp3) is 0.278. The van der Waals surface area contributed by atoms with Crippen LogP contribution < -0.4 is 14.8 Å². The molecular weight excluding hydrogens is 359 g/mol. The number of methoxy groups -OCH3 is 1. The Labute approximate surface area is 152 Å². The van der Waals surface area contributed by atoms with Crippen LogP contribution in [0, 0.1) is 5.82 Å². The number of hydrogen-bond donors (Lipinski definition) is 2. The van der Waals surface area contributed by atoms with Crippen molar-refractivity contribution in [2.24, 2.45) is 0 Å². The summed E-state index contributed by atoms with van der Waals surface area (Å²) in [6.45, 7) is 3.85. The van der Waals surface area contributed by atoms with Crippen molar-refractivity contribution in [2.45, 2.75) is 31.2 Å². The van der Waals surface area contributed by atoms with Gasteiger partial charge in [-0.05, 0) is 49.7 Å². The lowest BCUT2D eigenvalue weighted by Crippen LogP contribution is -2.31. The molecule has 2 aromatic carbocycles. The zero-order valence-corrected chi connectivity index (χ0v) is 15.6. The molecule has 0 radical (unpaired) electrons. The van der Waals surface area contributed by atoms with Crippen molar-refractivity contribution in [1.29, 1.82) is 0 Å². The van der Waals surface area contributed by atoms with Gasteiger partial charge in [0.2, 0.25) is 0 Å². The average molecular weight is 380 g/mol. The fourth-order valence-electron chi connectivity index (χ4n) is 2.14. The Hall–Kier alpha value is -2.61. The number of halogens is 1. The maximum Gasteiger partial charge on any atom is 0.264 e. The summed E-state index contributed by atoms with van der Waals surface area (Å²) >= 11 is 0. The van der Waals surface area contributed by atoms with E-state index in [9.17, 15) is 17.6 Å². The molecule has 0 aliphatic carbocycles. The van der Waals surface area contributed by atoms with Crippen LogP contribution in [0.3, 0.4) is 0 Å². The molecule has 0 bridgehead atoms. The lowest BCUT2D eigenvalue weighted by atomic mass is 10.1. The minimum Gasteiger partial charge on any atom is -0.497 e. The molecule has 0 aliphatic rings. The largest absolute Gasteiger partial charge is 0.497 e. The van der Waals surface area contributed by atoms with Crippen LogP contribution in [0.25, 0.3) is 0 Å². The van der Waals surface area contributed by atoms with E-state index >= 15 is 0 Å². The normalized spacial score (nSPS) is 12.3.